The first-order chi connectivity index (χ1) is 11.8. The van der Waals surface area contributed by atoms with Crippen LogP contribution in [0.4, 0.5) is 5.82 Å². The van der Waals surface area contributed by atoms with E-state index in [0.29, 0.717) is 17.9 Å². The van der Waals surface area contributed by atoms with Gasteiger partial charge in [0.1, 0.15) is 5.82 Å². The summed E-state index contributed by atoms with van der Waals surface area (Å²) >= 11 is 0. The molecule has 0 radical (unpaired) electrons. The maximum absolute atomic E-state index is 11.8. The average Bonchev–Trinajstić information content (AvgIpc) is 3.08. The summed E-state index contributed by atoms with van der Waals surface area (Å²) in [6.07, 6.45) is 5.47. The average molecular weight is 321 g/mol. The van der Waals surface area contributed by atoms with E-state index >= 15 is 0 Å². The Morgan fingerprint density at radius 2 is 1.96 bits per heavy atom. The molecule has 0 spiro atoms. The van der Waals surface area contributed by atoms with Crippen LogP contribution in [-0.4, -0.2) is 27.7 Å². The molecule has 0 aliphatic carbocycles. The first-order valence-electron chi connectivity index (χ1n) is 7.72. The largest absolute Gasteiger partial charge is 0.365 e. The van der Waals surface area contributed by atoms with E-state index in [-0.39, 0.29) is 5.91 Å². The lowest BCUT2D eigenvalue weighted by Gasteiger charge is -2.08. The summed E-state index contributed by atoms with van der Waals surface area (Å²) in [7, 11) is 1.60. The zero-order valence-electron chi connectivity index (χ0n) is 13.4. The van der Waals surface area contributed by atoms with Gasteiger partial charge in [-0.3, -0.25) is 9.48 Å². The number of hydrogen-bond acceptors (Lipinski definition) is 4. The number of hydrogen-bond donors (Lipinski definition) is 2. The molecule has 3 aromatic rings. The van der Waals surface area contributed by atoms with Crippen LogP contribution in [0.5, 0.6) is 0 Å². The Hall–Kier alpha value is -3.15. The number of nitrogens with zero attached hydrogens (tertiary/aromatic N) is 3. The lowest BCUT2D eigenvalue weighted by atomic mass is 10.2. The molecular formula is C18H19N5O. The van der Waals surface area contributed by atoms with Gasteiger partial charge in [0.15, 0.2) is 0 Å². The van der Waals surface area contributed by atoms with E-state index in [1.165, 1.54) is 5.56 Å². The lowest BCUT2D eigenvalue weighted by molar-refractivity contribution is 0.0963. The molecule has 1 aromatic carbocycles. The minimum Gasteiger partial charge on any atom is -0.365 e. The Morgan fingerprint density at radius 1 is 1.12 bits per heavy atom. The Kier molecular flexibility index (Phi) is 4.86. The van der Waals surface area contributed by atoms with Crippen LogP contribution in [0.15, 0.2) is 61.1 Å². The topological polar surface area (TPSA) is 71.8 Å². The number of amides is 1. The summed E-state index contributed by atoms with van der Waals surface area (Å²) in [4.78, 5) is 16.1. The fourth-order valence-electron chi connectivity index (χ4n) is 2.40. The van der Waals surface area contributed by atoms with Crippen molar-refractivity contribution in [1.29, 1.82) is 0 Å². The van der Waals surface area contributed by atoms with Gasteiger partial charge >= 0.3 is 0 Å². The van der Waals surface area contributed by atoms with Gasteiger partial charge in [-0.2, -0.15) is 5.10 Å². The second-order valence-corrected chi connectivity index (χ2v) is 5.36. The van der Waals surface area contributed by atoms with Crippen molar-refractivity contribution in [3.63, 3.8) is 0 Å². The summed E-state index contributed by atoms with van der Waals surface area (Å²) in [5, 5.41) is 10.2. The highest BCUT2D eigenvalue weighted by atomic mass is 16.1. The van der Waals surface area contributed by atoms with Gasteiger partial charge in [-0.25, -0.2) is 4.98 Å². The molecule has 6 heteroatoms. The maximum atomic E-state index is 11.8. The highest BCUT2D eigenvalue weighted by Crippen LogP contribution is 2.13. The third-order valence-corrected chi connectivity index (χ3v) is 3.61. The zero-order chi connectivity index (χ0) is 16.8. The van der Waals surface area contributed by atoms with Crippen LogP contribution in [0.25, 0.3) is 0 Å². The summed E-state index contributed by atoms with van der Waals surface area (Å²) in [6.45, 7) is 1.28. The molecule has 0 saturated carbocycles. The molecule has 0 atom stereocenters. The van der Waals surface area contributed by atoms with E-state index < -0.39 is 0 Å². The van der Waals surface area contributed by atoms with Gasteiger partial charge in [-0.1, -0.05) is 30.3 Å². The molecule has 2 heterocycles. The van der Waals surface area contributed by atoms with Crippen molar-refractivity contribution >= 4 is 11.7 Å². The summed E-state index contributed by atoms with van der Waals surface area (Å²) < 4.78 is 1.89. The highest BCUT2D eigenvalue weighted by molar-refractivity contribution is 5.98. The van der Waals surface area contributed by atoms with Crippen LogP contribution >= 0.6 is 0 Å². The highest BCUT2D eigenvalue weighted by Gasteiger charge is 2.10. The van der Waals surface area contributed by atoms with Crippen molar-refractivity contribution in [2.24, 2.45) is 0 Å². The number of benzene rings is 1. The number of pyridine rings is 1. The third kappa shape index (κ3) is 3.78. The van der Waals surface area contributed by atoms with Crippen LogP contribution in [0, 0.1) is 0 Å². The predicted molar refractivity (Wildman–Crippen MR) is 92.7 cm³/mol. The fraction of sp³-hybridized carbons (Fsp3) is 0.167. The molecule has 1 amide bonds. The normalized spacial score (nSPS) is 10.4. The molecule has 6 nitrogen and oxygen atoms in total. The van der Waals surface area contributed by atoms with E-state index in [0.717, 1.165) is 12.1 Å². The first kappa shape index (κ1) is 15.7. The van der Waals surface area contributed by atoms with Gasteiger partial charge in [0, 0.05) is 31.5 Å². The number of carbonyl (C=O) groups excluding carboxylic acids is 1. The molecule has 2 aromatic heterocycles. The van der Waals surface area contributed by atoms with Crippen LogP contribution in [0.3, 0.4) is 0 Å². The minimum atomic E-state index is -0.162. The van der Waals surface area contributed by atoms with E-state index in [1.807, 2.05) is 35.3 Å². The van der Waals surface area contributed by atoms with E-state index in [4.69, 9.17) is 0 Å². The van der Waals surface area contributed by atoms with E-state index in [1.54, 1.807) is 25.4 Å². The van der Waals surface area contributed by atoms with Crippen LogP contribution in [-0.2, 0) is 13.1 Å². The van der Waals surface area contributed by atoms with Gasteiger partial charge in [0.2, 0.25) is 0 Å². The fourth-order valence-corrected chi connectivity index (χ4v) is 2.40. The van der Waals surface area contributed by atoms with E-state index in [9.17, 15) is 4.79 Å². The molecule has 122 valence electrons. The van der Waals surface area contributed by atoms with Crippen molar-refractivity contribution < 1.29 is 4.79 Å². The number of rotatable bonds is 6. The third-order valence-electron chi connectivity index (χ3n) is 3.61. The monoisotopic (exact) mass is 321 g/mol. The Labute approximate surface area is 140 Å². The molecular weight excluding hydrogens is 302 g/mol. The molecule has 0 aliphatic rings. The van der Waals surface area contributed by atoms with Crippen molar-refractivity contribution in [3.05, 3.63) is 77.7 Å². The van der Waals surface area contributed by atoms with Crippen molar-refractivity contribution in [2.45, 2.75) is 13.1 Å². The van der Waals surface area contributed by atoms with Crippen molar-refractivity contribution in [2.75, 3.05) is 12.4 Å². The van der Waals surface area contributed by atoms with Gasteiger partial charge in [-0.05, 0) is 17.7 Å². The second-order valence-electron chi connectivity index (χ2n) is 5.36. The molecule has 0 saturated heterocycles. The number of nitrogens with one attached hydrogen (secondary N) is 2. The van der Waals surface area contributed by atoms with Gasteiger partial charge in [0.25, 0.3) is 5.91 Å². The predicted octanol–water partition coefficient (Wildman–Crippen LogP) is 2.30. The Morgan fingerprint density at radius 3 is 2.75 bits per heavy atom. The SMILES string of the molecule is CNC(=O)c1cccnc1NCc1cnn(Cc2ccccc2)c1. The van der Waals surface area contributed by atoms with Gasteiger partial charge in [0.05, 0.1) is 18.3 Å². The standard InChI is InChI=1S/C18H19N5O/c1-19-18(24)16-8-5-9-20-17(16)21-10-15-11-22-23(13-15)12-14-6-3-2-4-7-14/h2-9,11,13H,10,12H2,1H3,(H,19,24)(H,20,21). The molecule has 3 rings (SSSR count). The second kappa shape index (κ2) is 7.41. The molecule has 24 heavy (non-hydrogen) atoms. The van der Waals surface area contributed by atoms with Crippen molar-refractivity contribution in [1.82, 2.24) is 20.1 Å². The molecule has 0 bridgehead atoms. The van der Waals surface area contributed by atoms with E-state index in [2.05, 4.69) is 32.8 Å². The van der Waals surface area contributed by atoms with Gasteiger partial charge in [-0.15, -0.1) is 0 Å². The van der Waals surface area contributed by atoms with Crippen LogP contribution < -0.4 is 10.6 Å². The van der Waals surface area contributed by atoms with Crippen LogP contribution in [0.2, 0.25) is 0 Å². The van der Waals surface area contributed by atoms with Crippen molar-refractivity contribution in [3.8, 4) is 0 Å². The molecule has 2 N–H and O–H groups in total. The zero-order valence-corrected chi connectivity index (χ0v) is 13.4. The Bertz CT molecular complexity index is 813. The number of aromatic nitrogens is 3. The summed E-state index contributed by atoms with van der Waals surface area (Å²) in [5.74, 6) is 0.401. The smallest absolute Gasteiger partial charge is 0.254 e. The molecule has 0 fully saturated rings. The van der Waals surface area contributed by atoms with Gasteiger partial charge < -0.3 is 10.6 Å². The summed E-state index contributed by atoms with van der Waals surface area (Å²) in [6, 6.07) is 13.7. The lowest BCUT2D eigenvalue weighted by Crippen LogP contribution is -2.20. The quantitative estimate of drug-likeness (QED) is 0.731. The number of anilines is 1. The summed E-state index contributed by atoms with van der Waals surface area (Å²) in [5.41, 5.74) is 2.75. The number of carbonyl (C=O) groups is 1. The maximum Gasteiger partial charge on any atom is 0.254 e. The molecule has 0 unspecified atom stereocenters. The Balaban J connectivity index is 1.65. The molecule has 0 aliphatic heterocycles. The van der Waals surface area contributed by atoms with Crippen LogP contribution in [0.1, 0.15) is 21.5 Å². The first-order valence-corrected chi connectivity index (χ1v) is 7.72. The minimum absolute atomic E-state index is 0.162.